The highest BCUT2D eigenvalue weighted by Gasteiger charge is 2.31. The van der Waals surface area contributed by atoms with E-state index < -0.39 is 12.0 Å². The summed E-state index contributed by atoms with van der Waals surface area (Å²) in [5, 5.41) is 12.0. The molecule has 0 bridgehead atoms. The topological polar surface area (TPSA) is 86.7 Å². The summed E-state index contributed by atoms with van der Waals surface area (Å²) in [4.78, 5) is 38.2. The molecule has 0 spiro atoms. The number of amides is 2. The first-order chi connectivity index (χ1) is 12.5. The highest BCUT2D eigenvalue weighted by Crippen LogP contribution is 2.19. The van der Waals surface area contributed by atoms with Crippen LogP contribution in [0, 0.1) is 5.92 Å². The molecule has 1 aliphatic heterocycles. The predicted molar refractivity (Wildman–Crippen MR) is 98.8 cm³/mol. The zero-order valence-corrected chi connectivity index (χ0v) is 15.3. The Morgan fingerprint density at radius 1 is 1.23 bits per heavy atom. The molecule has 0 aromatic heterocycles. The largest absolute Gasteiger partial charge is 0.480 e. The van der Waals surface area contributed by atoms with Crippen molar-refractivity contribution in [1.82, 2.24) is 10.2 Å². The molecule has 1 saturated heterocycles. The molecule has 6 nitrogen and oxygen atoms in total. The van der Waals surface area contributed by atoms with E-state index in [2.05, 4.69) is 12.2 Å². The fraction of sp³-hybridized carbons (Fsp3) is 0.550. The van der Waals surface area contributed by atoms with Gasteiger partial charge in [-0.3, -0.25) is 9.59 Å². The summed E-state index contributed by atoms with van der Waals surface area (Å²) < 4.78 is 0. The number of carboxylic acid groups (broad SMARTS) is 1. The molecule has 2 N–H and O–H groups in total. The zero-order valence-electron chi connectivity index (χ0n) is 15.3. The Bertz CT molecular complexity index is 617. The normalized spacial score (nSPS) is 18.2. The first-order valence-electron chi connectivity index (χ1n) is 9.40. The van der Waals surface area contributed by atoms with Gasteiger partial charge in [0.25, 0.3) is 5.91 Å². The van der Waals surface area contributed by atoms with Crippen molar-refractivity contribution in [1.29, 1.82) is 0 Å². The maximum atomic E-state index is 12.6. The summed E-state index contributed by atoms with van der Waals surface area (Å²) in [6.07, 6.45) is 4.57. The van der Waals surface area contributed by atoms with E-state index in [1.54, 1.807) is 17.0 Å². The van der Waals surface area contributed by atoms with Crippen LogP contribution in [0.5, 0.6) is 0 Å². The predicted octanol–water partition coefficient (Wildman–Crippen LogP) is 2.69. The molecule has 1 aliphatic rings. The van der Waals surface area contributed by atoms with Gasteiger partial charge in [-0.2, -0.15) is 0 Å². The van der Waals surface area contributed by atoms with Crippen molar-refractivity contribution in [2.24, 2.45) is 5.92 Å². The zero-order chi connectivity index (χ0) is 18.9. The molecule has 2 atom stereocenters. The van der Waals surface area contributed by atoms with E-state index in [1.807, 2.05) is 18.2 Å². The number of aliphatic carboxylic acids is 1. The van der Waals surface area contributed by atoms with E-state index in [1.165, 1.54) is 0 Å². The summed E-state index contributed by atoms with van der Waals surface area (Å²) in [7, 11) is 0. The fourth-order valence-electron chi connectivity index (χ4n) is 3.28. The number of unbranched alkanes of at least 4 members (excludes halogenated alkanes) is 2. The van der Waals surface area contributed by atoms with Crippen molar-refractivity contribution < 1.29 is 19.5 Å². The van der Waals surface area contributed by atoms with Gasteiger partial charge in [-0.15, -0.1) is 0 Å². The summed E-state index contributed by atoms with van der Waals surface area (Å²) in [5.74, 6) is -1.70. The van der Waals surface area contributed by atoms with Crippen molar-refractivity contribution in [2.45, 2.75) is 51.5 Å². The second kappa shape index (κ2) is 9.94. The van der Waals surface area contributed by atoms with E-state index in [4.69, 9.17) is 0 Å². The number of carboxylic acids is 1. The molecule has 0 aliphatic carbocycles. The number of nitrogens with one attached hydrogen (secondary N) is 1. The molecular weight excluding hydrogens is 332 g/mol. The number of hydrogen-bond acceptors (Lipinski definition) is 3. The lowest BCUT2D eigenvalue weighted by molar-refractivity contribution is -0.143. The maximum absolute atomic E-state index is 12.6. The van der Waals surface area contributed by atoms with Gasteiger partial charge in [0.1, 0.15) is 6.04 Å². The SMILES string of the molecule is CCCCC[C@@H](NC(=O)[C@@H]1CCCN(C(=O)c2ccccc2)C1)C(=O)O. The van der Waals surface area contributed by atoms with Crippen LogP contribution in [0.3, 0.4) is 0 Å². The van der Waals surface area contributed by atoms with Crippen molar-refractivity contribution in [2.75, 3.05) is 13.1 Å². The summed E-state index contributed by atoms with van der Waals surface area (Å²) >= 11 is 0. The maximum Gasteiger partial charge on any atom is 0.326 e. The quantitative estimate of drug-likeness (QED) is 0.698. The third-order valence-electron chi connectivity index (χ3n) is 4.81. The minimum atomic E-state index is -0.998. The van der Waals surface area contributed by atoms with Crippen LogP contribution in [0.25, 0.3) is 0 Å². The molecule has 1 aromatic rings. The standard InChI is InChI=1S/C20H28N2O4/c1-2-3-5-12-17(20(25)26)21-18(23)16-11-8-13-22(14-16)19(24)15-9-6-4-7-10-15/h4,6-7,9-10,16-17H,2-3,5,8,11-14H2,1H3,(H,21,23)(H,25,26)/t16-,17-/m1/s1. The van der Waals surface area contributed by atoms with E-state index in [-0.39, 0.29) is 17.7 Å². The van der Waals surface area contributed by atoms with Gasteiger partial charge in [0, 0.05) is 18.7 Å². The van der Waals surface area contributed by atoms with Gasteiger partial charge < -0.3 is 15.3 Å². The molecule has 142 valence electrons. The van der Waals surface area contributed by atoms with Gasteiger partial charge in [-0.25, -0.2) is 4.79 Å². The number of nitrogens with zero attached hydrogens (tertiary/aromatic N) is 1. The Morgan fingerprint density at radius 2 is 1.96 bits per heavy atom. The van der Waals surface area contributed by atoms with Crippen molar-refractivity contribution in [3.63, 3.8) is 0 Å². The second-order valence-electron chi connectivity index (χ2n) is 6.85. The van der Waals surface area contributed by atoms with Gasteiger partial charge in [0.05, 0.1) is 5.92 Å². The van der Waals surface area contributed by atoms with E-state index >= 15 is 0 Å². The summed E-state index contributed by atoms with van der Waals surface area (Å²) in [5.41, 5.74) is 0.608. The lowest BCUT2D eigenvalue weighted by Gasteiger charge is -2.32. The summed E-state index contributed by atoms with van der Waals surface area (Å²) in [6, 6.07) is 8.16. The van der Waals surface area contributed by atoms with Crippen LogP contribution in [0.4, 0.5) is 0 Å². The van der Waals surface area contributed by atoms with E-state index in [0.717, 1.165) is 25.7 Å². The van der Waals surface area contributed by atoms with Gasteiger partial charge in [-0.05, 0) is 31.4 Å². The van der Waals surface area contributed by atoms with Gasteiger partial charge in [0.15, 0.2) is 0 Å². The first-order valence-corrected chi connectivity index (χ1v) is 9.40. The number of piperidine rings is 1. The molecular formula is C20H28N2O4. The van der Waals surface area contributed by atoms with Crippen LogP contribution in [0.2, 0.25) is 0 Å². The number of hydrogen-bond donors (Lipinski definition) is 2. The number of benzene rings is 1. The second-order valence-corrected chi connectivity index (χ2v) is 6.85. The Kier molecular flexibility index (Phi) is 7.63. The minimum absolute atomic E-state index is 0.0826. The smallest absolute Gasteiger partial charge is 0.326 e. The van der Waals surface area contributed by atoms with Gasteiger partial charge in [0.2, 0.25) is 5.91 Å². The number of carbonyl (C=O) groups is 3. The molecule has 0 unspecified atom stereocenters. The third kappa shape index (κ3) is 5.58. The molecule has 2 rings (SSSR count). The highest BCUT2D eigenvalue weighted by molar-refractivity contribution is 5.94. The Hall–Kier alpha value is -2.37. The van der Waals surface area contributed by atoms with E-state index in [9.17, 15) is 19.5 Å². The molecule has 0 radical (unpaired) electrons. The minimum Gasteiger partial charge on any atom is -0.480 e. The average Bonchev–Trinajstić information content (AvgIpc) is 2.67. The lowest BCUT2D eigenvalue weighted by atomic mass is 9.95. The molecule has 26 heavy (non-hydrogen) atoms. The van der Waals surface area contributed by atoms with Crippen LogP contribution >= 0.6 is 0 Å². The Labute approximate surface area is 154 Å². The third-order valence-corrected chi connectivity index (χ3v) is 4.81. The number of rotatable bonds is 8. The Morgan fingerprint density at radius 3 is 2.62 bits per heavy atom. The molecule has 0 saturated carbocycles. The molecule has 1 heterocycles. The molecule has 1 fully saturated rings. The van der Waals surface area contributed by atoms with Crippen molar-refractivity contribution >= 4 is 17.8 Å². The molecule has 6 heteroatoms. The summed E-state index contributed by atoms with van der Waals surface area (Å²) in [6.45, 7) is 3.01. The molecule has 2 amide bonds. The number of likely N-dealkylation sites (tertiary alicyclic amines) is 1. The van der Waals surface area contributed by atoms with Gasteiger partial charge in [-0.1, -0.05) is 44.4 Å². The lowest BCUT2D eigenvalue weighted by Crippen LogP contribution is -2.49. The van der Waals surface area contributed by atoms with Crippen molar-refractivity contribution in [3.8, 4) is 0 Å². The number of carbonyl (C=O) groups excluding carboxylic acids is 2. The van der Waals surface area contributed by atoms with E-state index in [0.29, 0.717) is 31.5 Å². The van der Waals surface area contributed by atoms with Crippen molar-refractivity contribution in [3.05, 3.63) is 35.9 Å². The van der Waals surface area contributed by atoms with Gasteiger partial charge >= 0.3 is 5.97 Å². The fourth-order valence-corrected chi connectivity index (χ4v) is 3.28. The Balaban J connectivity index is 1.94. The van der Waals surface area contributed by atoms with Crippen LogP contribution < -0.4 is 5.32 Å². The highest BCUT2D eigenvalue weighted by atomic mass is 16.4. The first kappa shape index (κ1) is 19.9. The monoisotopic (exact) mass is 360 g/mol. The van der Waals surface area contributed by atoms with Crippen LogP contribution in [0.1, 0.15) is 55.8 Å². The average molecular weight is 360 g/mol. The van der Waals surface area contributed by atoms with Crippen LogP contribution in [-0.4, -0.2) is 46.9 Å². The van der Waals surface area contributed by atoms with Crippen LogP contribution in [0.15, 0.2) is 30.3 Å². The van der Waals surface area contributed by atoms with Crippen LogP contribution in [-0.2, 0) is 9.59 Å². The molecule has 1 aromatic carbocycles.